The Bertz CT molecular complexity index is 423. The Labute approximate surface area is 121 Å². The number of benzene rings is 1. The van der Waals surface area contributed by atoms with Crippen LogP contribution in [0.15, 0.2) is 24.3 Å². The summed E-state index contributed by atoms with van der Waals surface area (Å²) in [5.41, 5.74) is 0.836. The lowest BCUT2D eigenvalue weighted by atomic mass is 9.99. The zero-order chi connectivity index (χ0) is 14.4. The highest BCUT2D eigenvalue weighted by Crippen LogP contribution is 2.15. The van der Waals surface area contributed by atoms with Crippen molar-refractivity contribution in [3.63, 3.8) is 0 Å². The van der Waals surface area contributed by atoms with Crippen LogP contribution in [-0.4, -0.2) is 32.1 Å². The van der Waals surface area contributed by atoms with E-state index < -0.39 is 0 Å². The second-order valence-corrected chi connectivity index (χ2v) is 5.61. The number of nitrogens with one attached hydrogen (secondary N) is 2. The van der Waals surface area contributed by atoms with Crippen LogP contribution in [0.25, 0.3) is 0 Å². The molecular formula is C16H25N2O2+. The van der Waals surface area contributed by atoms with E-state index in [2.05, 4.69) is 12.2 Å². The molecule has 1 fully saturated rings. The Morgan fingerprint density at radius 1 is 1.30 bits per heavy atom. The SMILES string of the molecule is CCOc1ccc(NC(=O)C[NH+]2CCC(C)CC2)cc1. The van der Waals surface area contributed by atoms with E-state index in [1.807, 2.05) is 31.2 Å². The number of ether oxygens (including phenoxy) is 1. The molecule has 0 aromatic heterocycles. The first-order valence-corrected chi connectivity index (χ1v) is 7.53. The van der Waals surface area contributed by atoms with Crippen LogP contribution in [0.4, 0.5) is 5.69 Å². The first-order valence-electron chi connectivity index (χ1n) is 7.53. The number of likely N-dealkylation sites (tertiary alicyclic amines) is 1. The molecule has 0 saturated carbocycles. The fraction of sp³-hybridized carbons (Fsp3) is 0.562. The summed E-state index contributed by atoms with van der Waals surface area (Å²) in [5.74, 6) is 1.74. The van der Waals surface area contributed by atoms with Crippen LogP contribution in [0, 0.1) is 5.92 Å². The van der Waals surface area contributed by atoms with Crippen molar-refractivity contribution in [2.75, 3.05) is 31.6 Å². The van der Waals surface area contributed by atoms with Gasteiger partial charge in [0.15, 0.2) is 6.54 Å². The number of carbonyl (C=O) groups is 1. The van der Waals surface area contributed by atoms with Gasteiger partial charge in [0.25, 0.3) is 5.91 Å². The maximum absolute atomic E-state index is 12.0. The molecule has 0 unspecified atom stereocenters. The fourth-order valence-corrected chi connectivity index (χ4v) is 2.58. The van der Waals surface area contributed by atoms with E-state index in [1.54, 1.807) is 0 Å². The Morgan fingerprint density at radius 3 is 2.55 bits per heavy atom. The molecule has 4 heteroatoms. The summed E-state index contributed by atoms with van der Waals surface area (Å²) in [6.45, 7) is 7.69. The smallest absolute Gasteiger partial charge is 0.279 e. The number of hydrogen-bond acceptors (Lipinski definition) is 2. The third kappa shape index (κ3) is 4.53. The molecule has 1 heterocycles. The van der Waals surface area contributed by atoms with Gasteiger partial charge < -0.3 is 15.0 Å². The van der Waals surface area contributed by atoms with Gasteiger partial charge in [-0.25, -0.2) is 0 Å². The zero-order valence-corrected chi connectivity index (χ0v) is 12.4. The van der Waals surface area contributed by atoms with Crippen LogP contribution in [-0.2, 0) is 4.79 Å². The van der Waals surface area contributed by atoms with E-state index in [0.717, 1.165) is 30.4 Å². The highest BCUT2D eigenvalue weighted by molar-refractivity contribution is 5.91. The standard InChI is InChI=1S/C16H24N2O2/c1-3-20-15-6-4-14(5-7-15)17-16(19)12-18-10-8-13(2)9-11-18/h4-7,13H,3,8-12H2,1-2H3,(H,17,19)/p+1. The van der Waals surface area contributed by atoms with Crippen molar-refractivity contribution in [2.24, 2.45) is 5.92 Å². The molecule has 1 aromatic rings. The second-order valence-electron chi connectivity index (χ2n) is 5.61. The monoisotopic (exact) mass is 277 g/mol. The normalized spacial score (nSPS) is 22.3. The molecule has 1 amide bonds. The number of anilines is 1. The van der Waals surface area contributed by atoms with Gasteiger partial charge in [0.2, 0.25) is 0 Å². The molecule has 0 radical (unpaired) electrons. The first kappa shape index (κ1) is 14.9. The summed E-state index contributed by atoms with van der Waals surface area (Å²) in [4.78, 5) is 13.4. The molecule has 0 bridgehead atoms. The molecule has 110 valence electrons. The highest BCUT2D eigenvalue weighted by atomic mass is 16.5. The van der Waals surface area contributed by atoms with Crippen LogP contribution in [0.5, 0.6) is 5.75 Å². The van der Waals surface area contributed by atoms with Crippen molar-refractivity contribution in [2.45, 2.75) is 26.7 Å². The number of carbonyl (C=O) groups excluding carboxylic acids is 1. The molecule has 4 nitrogen and oxygen atoms in total. The van der Waals surface area contributed by atoms with Gasteiger partial charge in [-0.1, -0.05) is 6.92 Å². The van der Waals surface area contributed by atoms with Gasteiger partial charge in [0.05, 0.1) is 19.7 Å². The largest absolute Gasteiger partial charge is 0.494 e. The Kier molecular flexibility index (Phi) is 5.41. The Morgan fingerprint density at radius 2 is 1.95 bits per heavy atom. The van der Waals surface area contributed by atoms with E-state index in [9.17, 15) is 4.79 Å². The van der Waals surface area contributed by atoms with Gasteiger partial charge in [-0.05, 0) is 49.9 Å². The van der Waals surface area contributed by atoms with Gasteiger partial charge in [-0.3, -0.25) is 4.79 Å². The van der Waals surface area contributed by atoms with Gasteiger partial charge in [0, 0.05) is 5.69 Å². The number of amides is 1. The van der Waals surface area contributed by atoms with Gasteiger partial charge in [-0.15, -0.1) is 0 Å². The predicted octanol–water partition coefficient (Wildman–Crippen LogP) is 1.34. The third-order valence-corrected chi connectivity index (χ3v) is 3.84. The Balaban J connectivity index is 1.79. The van der Waals surface area contributed by atoms with Gasteiger partial charge in [0.1, 0.15) is 5.75 Å². The lowest BCUT2D eigenvalue weighted by Crippen LogP contribution is -3.14. The molecule has 2 N–H and O–H groups in total. The minimum Gasteiger partial charge on any atom is -0.494 e. The van der Waals surface area contributed by atoms with Crippen molar-refractivity contribution in [3.05, 3.63) is 24.3 Å². The van der Waals surface area contributed by atoms with Crippen molar-refractivity contribution < 1.29 is 14.4 Å². The van der Waals surface area contributed by atoms with E-state index in [1.165, 1.54) is 17.7 Å². The molecule has 2 rings (SSSR count). The fourth-order valence-electron chi connectivity index (χ4n) is 2.58. The molecular weight excluding hydrogens is 252 g/mol. The van der Waals surface area contributed by atoms with E-state index >= 15 is 0 Å². The lowest BCUT2D eigenvalue weighted by molar-refractivity contribution is -0.897. The van der Waals surface area contributed by atoms with Gasteiger partial charge >= 0.3 is 0 Å². The number of rotatable bonds is 5. The average Bonchev–Trinajstić information content (AvgIpc) is 2.44. The summed E-state index contributed by atoms with van der Waals surface area (Å²) in [6.07, 6.45) is 2.46. The average molecular weight is 277 g/mol. The molecule has 0 atom stereocenters. The summed E-state index contributed by atoms with van der Waals surface area (Å²) in [7, 11) is 0. The number of piperidine rings is 1. The molecule has 0 aliphatic carbocycles. The molecule has 1 aliphatic heterocycles. The van der Waals surface area contributed by atoms with Crippen LogP contribution in [0.3, 0.4) is 0 Å². The van der Waals surface area contributed by atoms with Crippen molar-refractivity contribution in [3.8, 4) is 5.75 Å². The molecule has 1 aliphatic rings. The maximum Gasteiger partial charge on any atom is 0.279 e. The van der Waals surface area contributed by atoms with Crippen LogP contribution in [0.1, 0.15) is 26.7 Å². The third-order valence-electron chi connectivity index (χ3n) is 3.84. The number of hydrogen-bond donors (Lipinski definition) is 2. The summed E-state index contributed by atoms with van der Waals surface area (Å²) in [5, 5.41) is 2.95. The van der Waals surface area contributed by atoms with E-state index in [0.29, 0.717) is 13.2 Å². The summed E-state index contributed by atoms with van der Waals surface area (Å²) >= 11 is 0. The predicted molar refractivity (Wildman–Crippen MR) is 80.2 cm³/mol. The maximum atomic E-state index is 12.0. The molecule has 20 heavy (non-hydrogen) atoms. The van der Waals surface area contributed by atoms with E-state index in [4.69, 9.17) is 4.74 Å². The van der Waals surface area contributed by atoms with Crippen LogP contribution >= 0.6 is 0 Å². The first-order chi connectivity index (χ1) is 9.67. The Hall–Kier alpha value is -1.55. The summed E-state index contributed by atoms with van der Waals surface area (Å²) in [6, 6.07) is 7.54. The van der Waals surface area contributed by atoms with E-state index in [-0.39, 0.29) is 5.91 Å². The summed E-state index contributed by atoms with van der Waals surface area (Å²) < 4.78 is 5.38. The highest BCUT2D eigenvalue weighted by Gasteiger charge is 2.21. The lowest BCUT2D eigenvalue weighted by Gasteiger charge is -2.26. The molecule has 0 spiro atoms. The van der Waals surface area contributed by atoms with Gasteiger partial charge in [-0.2, -0.15) is 0 Å². The molecule has 1 saturated heterocycles. The topological polar surface area (TPSA) is 42.8 Å². The van der Waals surface area contributed by atoms with Crippen molar-refractivity contribution in [1.82, 2.24) is 0 Å². The minimum absolute atomic E-state index is 0.0960. The van der Waals surface area contributed by atoms with Crippen LogP contribution in [0.2, 0.25) is 0 Å². The quantitative estimate of drug-likeness (QED) is 0.853. The molecule has 1 aromatic carbocycles. The van der Waals surface area contributed by atoms with Crippen molar-refractivity contribution in [1.29, 1.82) is 0 Å². The van der Waals surface area contributed by atoms with Crippen molar-refractivity contribution >= 4 is 11.6 Å². The second kappa shape index (κ2) is 7.29. The van der Waals surface area contributed by atoms with Crippen LogP contribution < -0.4 is 15.0 Å². The minimum atomic E-state index is 0.0960. The number of quaternary nitrogens is 1. The zero-order valence-electron chi connectivity index (χ0n) is 12.4.